The molecule has 2 aromatic rings. The fraction of sp³-hybridized carbons (Fsp3) is 0.500. The Morgan fingerprint density at radius 2 is 1.74 bits per heavy atom. The lowest BCUT2D eigenvalue weighted by atomic mass is 9.78. The Labute approximate surface area is 184 Å². The highest BCUT2D eigenvalue weighted by Gasteiger charge is 2.38. The van der Waals surface area contributed by atoms with Crippen LogP contribution in [0.2, 0.25) is 0 Å². The maximum atomic E-state index is 12.6. The van der Waals surface area contributed by atoms with Crippen LogP contribution in [0, 0.1) is 11.8 Å². The molecular weight excluding hydrogens is 388 g/mol. The number of aliphatic hydroxyl groups excluding tert-OH is 1. The summed E-state index contributed by atoms with van der Waals surface area (Å²) in [5.74, 6) is 1.23. The first kappa shape index (κ1) is 20.5. The number of hydrogen-bond donors (Lipinski definition) is 3. The van der Waals surface area contributed by atoms with Crippen molar-refractivity contribution in [2.45, 2.75) is 50.1 Å². The van der Waals surface area contributed by atoms with Crippen molar-refractivity contribution in [2.24, 2.45) is 11.8 Å². The molecule has 2 aliphatic carbocycles. The van der Waals surface area contributed by atoms with E-state index in [1.165, 1.54) is 47.9 Å². The van der Waals surface area contributed by atoms with Gasteiger partial charge in [-0.15, -0.1) is 0 Å². The van der Waals surface area contributed by atoms with Crippen molar-refractivity contribution in [1.29, 1.82) is 0 Å². The molecule has 3 aliphatic rings. The Kier molecular flexibility index (Phi) is 5.97. The zero-order valence-electron chi connectivity index (χ0n) is 17.9. The number of carbonyl (C=O) groups excluding carboxylic acids is 1. The number of rotatable bonds is 6. The van der Waals surface area contributed by atoms with E-state index in [1.807, 2.05) is 24.3 Å². The number of aliphatic hydroxyl groups is 1. The van der Waals surface area contributed by atoms with Gasteiger partial charge in [0, 0.05) is 12.0 Å². The van der Waals surface area contributed by atoms with Crippen LogP contribution >= 0.6 is 0 Å². The molecule has 1 saturated carbocycles. The number of amides is 1. The highest BCUT2D eigenvalue weighted by Crippen LogP contribution is 2.44. The first-order valence-electron chi connectivity index (χ1n) is 11.7. The molecule has 3 N–H and O–H groups in total. The molecule has 31 heavy (non-hydrogen) atoms. The molecule has 1 aliphatic heterocycles. The van der Waals surface area contributed by atoms with Gasteiger partial charge in [0.05, 0.1) is 12.6 Å². The number of carbonyl (C=O) groups is 1. The average Bonchev–Trinajstić information content (AvgIpc) is 3.36. The van der Waals surface area contributed by atoms with Crippen molar-refractivity contribution in [3.05, 3.63) is 59.7 Å². The monoisotopic (exact) mass is 420 g/mol. The van der Waals surface area contributed by atoms with Gasteiger partial charge in [0.25, 0.3) is 0 Å². The SMILES string of the molecule is O=C(NC(CO)CC1CNC2CCCCC12)OCC1c2ccccc2-c2ccccc21. The summed E-state index contributed by atoms with van der Waals surface area (Å²) in [6.45, 7) is 1.23. The van der Waals surface area contributed by atoms with E-state index < -0.39 is 6.09 Å². The van der Waals surface area contributed by atoms with Crippen LogP contribution < -0.4 is 10.6 Å². The van der Waals surface area contributed by atoms with E-state index in [-0.39, 0.29) is 18.6 Å². The minimum atomic E-state index is -0.438. The van der Waals surface area contributed by atoms with Gasteiger partial charge in [0.1, 0.15) is 6.61 Å². The second kappa shape index (κ2) is 9.01. The molecular formula is C26H32N2O3. The van der Waals surface area contributed by atoms with Crippen LogP contribution in [-0.2, 0) is 4.74 Å². The fourth-order valence-electron chi connectivity index (χ4n) is 6.04. The van der Waals surface area contributed by atoms with Crippen LogP contribution in [0.1, 0.15) is 49.1 Å². The third kappa shape index (κ3) is 4.09. The minimum Gasteiger partial charge on any atom is -0.449 e. The maximum absolute atomic E-state index is 12.6. The van der Waals surface area contributed by atoms with E-state index in [9.17, 15) is 9.90 Å². The molecule has 2 fully saturated rings. The number of benzene rings is 2. The first-order valence-corrected chi connectivity index (χ1v) is 11.7. The van der Waals surface area contributed by atoms with Gasteiger partial charge in [-0.05, 0) is 59.9 Å². The Hall–Kier alpha value is -2.37. The smallest absolute Gasteiger partial charge is 0.407 e. The lowest BCUT2D eigenvalue weighted by Crippen LogP contribution is -2.41. The zero-order chi connectivity index (χ0) is 21.2. The van der Waals surface area contributed by atoms with E-state index in [4.69, 9.17) is 4.74 Å². The van der Waals surface area contributed by atoms with Crippen LogP contribution in [-0.4, -0.2) is 43.0 Å². The van der Waals surface area contributed by atoms with Gasteiger partial charge in [-0.1, -0.05) is 61.4 Å². The van der Waals surface area contributed by atoms with Crippen LogP contribution in [0.3, 0.4) is 0 Å². The lowest BCUT2D eigenvalue weighted by Gasteiger charge is -2.30. The molecule has 4 atom stereocenters. The van der Waals surface area contributed by atoms with E-state index in [2.05, 4.69) is 34.9 Å². The highest BCUT2D eigenvalue weighted by molar-refractivity contribution is 5.79. The third-order valence-corrected chi connectivity index (χ3v) is 7.54. The van der Waals surface area contributed by atoms with Crippen molar-refractivity contribution in [3.63, 3.8) is 0 Å². The number of alkyl carbamates (subject to hydrolysis) is 1. The predicted octanol–water partition coefficient (Wildman–Crippen LogP) is 4.05. The van der Waals surface area contributed by atoms with Gasteiger partial charge < -0.3 is 20.5 Å². The Bertz CT molecular complexity index is 885. The van der Waals surface area contributed by atoms with Crippen molar-refractivity contribution in [2.75, 3.05) is 19.8 Å². The lowest BCUT2D eigenvalue weighted by molar-refractivity contribution is 0.126. The normalized spacial score (nSPS) is 25.4. The third-order valence-electron chi connectivity index (χ3n) is 7.54. The quantitative estimate of drug-likeness (QED) is 0.659. The van der Waals surface area contributed by atoms with Crippen molar-refractivity contribution < 1.29 is 14.6 Å². The summed E-state index contributed by atoms with van der Waals surface area (Å²) < 4.78 is 5.67. The minimum absolute atomic E-state index is 0.0488. The van der Waals surface area contributed by atoms with E-state index >= 15 is 0 Å². The van der Waals surface area contributed by atoms with Gasteiger partial charge in [0.15, 0.2) is 0 Å². The molecule has 1 saturated heterocycles. The van der Waals surface area contributed by atoms with Crippen LogP contribution in [0.15, 0.2) is 48.5 Å². The molecule has 4 unspecified atom stereocenters. The standard InChI is InChI=1S/C26H32N2O3/c29-15-18(13-17-14-27-25-12-6-5-7-19(17)25)28-26(30)31-16-24-22-10-3-1-8-20(22)21-9-2-4-11-23(21)24/h1-4,8-11,17-19,24-25,27,29H,5-7,12-16H2,(H,28,30). The van der Waals surface area contributed by atoms with Crippen LogP contribution in [0.25, 0.3) is 11.1 Å². The van der Waals surface area contributed by atoms with E-state index in [1.54, 1.807) is 0 Å². The summed E-state index contributed by atoms with van der Waals surface area (Å²) in [5.41, 5.74) is 4.85. The molecule has 2 aromatic carbocycles. The van der Waals surface area contributed by atoms with Crippen LogP contribution in [0.5, 0.6) is 0 Å². The van der Waals surface area contributed by atoms with Crippen molar-refractivity contribution in [3.8, 4) is 11.1 Å². The fourth-order valence-corrected chi connectivity index (χ4v) is 6.04. The van der Waals surface area contributed by atoms with Gasteiger partial charge >= 0.3 is 6.09 Å². The Morgan fingerprint density at radius 1 is 1.06 bits per heavy atom. The molecule has 5 rings (SSSR count). The predicted molar refractivity (Wildman–Crippen MR) is 121 cm³/mol. The number of fused-ring (bicyclic) bond motifs is 4. The topological polar surface area (TPSA) is 70.6 Å². The molecule has 0 bridgehead atoms. The van der Waals surface area contributed by atoms with Gasteiger partial charge in [0.2, 0.25) is 0 Å². The van der Waals surface area contributed by atoms with Gasteiger partial charge in [-0.3, -0.25) is 0 Å². The Balaban J connectivity index is 1.19. The molecule has 0 spiro atoms. The van der Waals surface area contributed by atoms with E-state index in [0.717, 1.165) is 13.0 Å². The van der Waals surface area contributed by atoms with Crippen molar-refractivity contribution in [1.82, 2.24) is 10.6 Å². The summed E-state index contributed by atoms with van der Waals surface area (Å²) >= 11 is 0. The maximum Gasteiger partial charge on any atom is 0.407 e. The first-order chi connectivity index (χ1) is 15.2. The number of nitrogens with one attached hydrogen (secondary N) is 2. The van der Waals surface area contributed by atoms with E-state index in [0.29, 0.717) is 24.5 Å². The van der Waals surface area contributed by atoms with Gasteiger partial charge in [-0.2, -0.15) is 0 Å². The largest absolute Gasteiger partial charge is 0.449 e. The second-order valence-corrected chi connectivity index (χ2v) is 9.31. The average molecular weight is 421 g/mol. The molecule has 1 heterocycles. The summed E-state index contributed by atoms with van der Waals surface area (Å²) in [7, 11) is 0. The van der Waals surface area contributed by atoms with Crippen LogP contribution in [0.4, 0.5) is 4.79 Å². The number of hydrogen-bond acceptors (Lipinski definition) is 4. The highest BCUT2D eigenvalue weighted by atomic mass is 16.5. The summed E-state index contributed by atoms with van der Waals surface area (Å²) in [5, 5.41) is 16.4. The summed E-state index contributed by atoms with van der Waals surface area (Å²) in [4.78, 5) is 12.6. The molecule has 1 amide bonds. The molecule has 0 aromatic heterocycles. The molecule has 5 heteroatoms. The summed E-state index contributed by atoms with van der Waals surface area (Å²) in [6.07, 6.45) is 5.48. The zero-order valence-corrected chi connectivity index (χ0v) is 17.9. The molecule has 5 nitrogen and oxygen atoms in total. The van der Waals surface area contributed by atoms with Crippen molar-refractivity contribution >= 4 is 6.09 Å². The molecule has 0 radical (unpaired) electrons. The summed E-state index contributed by atoms with van der Waals surface area (Å²) in [6, 6.07) is 17.0. The van der Waals surface area contributed by atoms with Gasteiger partial charge in [-0.25, -0.2) is 4.79 Å². The second-order valence-electron chi connectivity index (χ2n) is 9.31. The number of ether oxygens (including phenoxy) is 1. The Morgan fingerprint density at radius 3 is 2.45 bits per heavy atom. The molecule has 164 valence electrons.